The third-order valence-corrected chi connectivity index (χ3v) is 7.42. The first kappa shape index (κ1) is 29.9. The van der Waals surface area contributed by atoms with E-state index in [1.54, 1.807) is 12.1 Å². The van der Waals surface area contributed by atoms with Crippen molar-refractivity contribution in [2.45, 2.75) is 58.7 Å². The molecule has 8 heteroatoms. The van der Waals surface area contributed by atoms with Gasteiger partial charge in [0, 0.05) is 18.5 Å². The molecule has 1 N–H and O–H groups in total. The SMILES string of the molecule is CCc1ccc(N(CC(=O)N(Cc2ccccc2)C(Cc2ccccc2)C(=O)NC(C)(C)C)S(C)(=O)=O)cc1. The lowest BCUT2D eigenvalue weighted by atomic mass is 10.0. The Kier molecular flexibility index (Phi) is 9.92. The Morgan fingerprint density at radius 2 is 1.36 bits per heavy atom. The number of carbonyl (C=O) groups excluding carboxylic acids is 2. The zero-order valence-electron chi connectivity index (χ0n) is 23.4. The van der Waals surface area contributed by atoms with Crippen molar-refractivity contribution in [2.75, 3.05) is 17.1 Å². The Hall–Kier alpha value is -3.65. The van der Waals surface area contributed by atoms with Gasteiger partial charge in [-0.05, 0) is 56.0 Å². The van der Waals surface area contributed by atoms with E-state index in [-0.39, 0.29) is 18.9 Å². The summed E-state index contributed by atoms with van der Waals surface area (Å²) in [4.78, 5) is 29.2. The standard InChI is InChI=1S/C31H39N3O4S/c1-6-24-17-19-27(20-18-24)34(39(5,37)38)23-29(35)33(22-26-15-11-8-12-16-26)28(30(36)32-31(2,3)4)21-25-13-9-7-10-14-25/h7-20,28H,6,21-23H2,1-5H3,(H,32,36). The number of hydrogen-bond acceptors (Lipinski definition) is 4. The number of nitrogens with zero attached hydrogens (tertiary/aromatic N) is 2. The molecule has 7 nitrogen and oxygen atoms in total. The van der Waals surface area contributed by atoms with Crippen molar-refractivity contribution in [3.8, 4) is 0 Å². The Morgan fingerprint density at radius 3 is 1.85 bits per heavy atom. The van der Waals surface area contributed by atoms with E-state index in [9.17, 15) is 18.0 Å². The number of carbonyl (C=O) groups is 2. The molecular weight excluding hydrogens is 510 g/mol. The minimum Gasteiger partial charge on any atom is -0.350 e. The highest BCUT2D eigenvalue weighted by molar-refractivity contribution is 7.92. The van der Waals surface area contributed by atoms with Crippen LogP contribution in [0.1, 0.15) is 44.4 Å². The molecule has 0 saturated carbocycles. The number of aryl methyl sites for hydroxylation is 1. The lowest BCUT2D eigenvalue weighted by molar-refractivity contribution is -0.140. The fourth-order valence-electron chi connectivity index (χ4n) is 4.30. The number of benzene rings is 3. The van der Waals surface area contributed by atoms with Crippen molar-refractivity contribution in [1.29, 1.82) is 0 Å². The van der Waals surface area contributed by atoms with Crippen LogP contribution < -0.4 is 9.62 Å². The average molecular weight is 550 g/mol. The largest absolute Gasteiger partial charge is 0.350 e. The first-order valence-electron chi connectivity index (χ1n) is 13.1. The molecule has 0 bridgehead atoms. The smallest absolute Gasteiger partial charge is 0.244 e. The van der Waals surface area contributed by atoms with Gasteiger partial charge in [-0.2, -0.15) is 0 Å². The molecule has 208 valence electrons. The fraction of sp³-hybridized carbons (Fsp3) is 0.355. The van der Waals surface area contributed by atoms with E-state index in [1.807, 2.05) is 100 Å². The number of amides is 2. The summed E-state index contributed by atoms with van der Waals surface area (Å²) in [5, 5.41) is 3.02. The number of nitrogens with one attached hydrogen (secondary N) is 1. The van der Waals surface area contributed by atoms with E-state index < -0.39 is 34.1 Å². The Labute approximate surface area is 232 Å². The Morgan fingerprint density at radius 1 is 0.821 bits per heavy atom. The first-order valence-corrected chi connectivity index (χ1v) is 15.0. The molecule has 0 aromatic heterocycles. The van der Waals surface area contributed by atoms with Crippen LogP contribution in [0.25, 0.3) is 0 Å². The number of anilines is 1. The van der Waals surface area contributed by atoms with E-state index >= 15 is 0 Å². The summed E-state index contributed by atoms with van der Waals surface area (Å²) in [5.41, 5.74) is 2.68. The highest BCUT2D eigenvalue weighted by atomic mass is 32.2. The number of hydrogen-bond donors (Lipinski definition) is 1. The maximum Gasteiger partial charge on any atom is 0.244 e. The van der Waals surface area contributed by atoms with Crippen molar-refractivity contribution < 1.29 is 18.0 Å². The van der Waals surface area contributed by atoms with Gasteiger partial charge in [0.05, 0.1) is 11.9 Å². The highest BCUT2D eigenvalue weighted by Crippen LogP contribution is 2.21. The predicted molar refractivity (Wildman–Crippen MR) is 157 cm³/mol. The summed E-state index contributed by atoms with van der Waals surface area (Å²) in [6.07, 6.45) is 2.18. The quantitative estimate of drug-likeness (QED) is 0.380. The zero-order valence-corrected chi connectivity index (χ0v) is 24.2. The molecule has 0 aliphatic rings. The molecule has 0 heterocycles. The minimum absolute atomic E-state index is 0.154. The maximum atomic E-state index is 14.0. The van der Waals surface area contributed by atoms with Gasteiger partial charge in [0.1, 0.15) is 12.6 Å². The van der Waals surface area contributed by atoms with Crippen molar-refractivity contribution >= 4 is 27.5 Å². The van der Waals surface area contributed by atoms with Crippen LogP contribution in [0.15, 0.2) is 84.9 Å². The molecule has 0 spiro atoms. The molecule has 0 saturated heterocycles. The third kappa shape index (κ3) is 8.96. The molecule has 3 aromatic carbocycles. The summed E-state index contributed by atoms with van der Waals surface area (Å²) >= 11 is 0. The van der Waals surface area contributed by atoms with Crippen molar-refractivity contribution in [3.05, 3.63) is 102 Å². The minimum atomic E-state index is -3.79. The van der Waals surface area contributed by atoms with Gasteiger partial charge in [-0.3, -0.25) is 13.9 Å². The van der Waals surface area contributed by atoms with E-state index in [1.165, 1.54) is 4.90 Å². The fourth-order valence-corrected chi connectivity index (χ4v) is 5.15. The second kappa shape index (κ2) is 12.9. The molecular formula is C31H39N3O4S. The van der Waals surface area contributed by atoms with Gasteiger partial charge in [0.25, 0.3) is 0 Å². The van der Waals surface area contributed by atoms with Crippen LogP contribution >= 0.6 is 0 Å². The van der Waals surface area contributed by atoms with Gasteiger partial charge >= 0.3 is 0 Å². The molecule has 0 aliphatic carbocycles. The normalized spacial score (nSPS) is 12.4. The van der Waals surface area contributed by atoms with Crippen LogP contribution in [0.3, 0.4) is 0 Å². The van der Waals surface area contributed by atoms with Gasteiger partial charge in [-0.15, -0.1) is 0 Å². The summed E-state index contributed by atoms with van der Waals surface area (Å²) in [6, 6.07) is 25.2. The molecule has 3 aromatic rings. The number of rotatable bonds is 11. The second-order valence-electron chi connectivity index (χ2n) is 10.7. The third-order valence-electron chi connectivity index (χ3n) is 6.28. The van der Waals surface area contributed by atoms with Crippen molar-refractivity contribution in [2.24, 2.45) is 0 Å². The van der Waals surface area contributed by atoms with Gasteiger partial charge in [0.15, 0.2) is 0 Å². The second-order valence-corrected chi connectivity index (χ2v) is 12.6. The van der Waals surface area contributed by atoms with Crippen molar-refractivity contribution in [1.82, 2.24) is 10.2 Å². The lowest BCUT2D eigenvalue weighted by Crippen LogP contribution is -2.56. The van der Waals surface area contributed by atoms with E-state index in [0.29, 0.717) is 5.69 Å². The van der Waals surface area contributed by atoms with Gasteiger partial charge in [-0.25, -0.2) is 8.42 Å². The molecule has 1 atom stereocenters. The molecule has 0 radical (unpaired) electrons. The predicted octanol–water partition coefficient (Wildman–Crippen LogP) is 4.57. The molecule has 1 unspecified atom stereocenters. The lowest BCUT2D eigenvalue weighted by Gasteiger charge is -2.35. The van der Waals surface area contributed by atoms with Crippen LogP contribution in [0.2, 0.25) is 0 Å². The Balaban J connectivity index is 2.04. The Bertz CT molecular complexity index is 1340. The number of sulfonamides is 1. The summed E-state index contributed by atoms with van der Waals surface area (Å²) in [5.74, 6) is -0.761. The monoisotopic (exact) mass is 549 g/mol. The molecule has 2 amide bonds. The average Bonchev–Trinajstić information content (AvgIpc) is 2.88. The van der Waals surface area contributed by atoms with E-state index in [0.717, 1.165) is 33.7 Å². The summed E-state index contributed by atoms with van der Waals surface area (Å²) in [6.45, 7) is 7.41. The summed E-state index contributed by atoms with van der Waals surface area (Å²) < 4.78 is 26.8. The van der Waals surface area contributed by atoms with Crippen LogP contribution in [-0.4, -0.2) is 49.5 Å². The van der Waals surface area contributed by atoms with E-state index in [4.69, 9.17) is 0 Å². The molecule has 0 aliphatic heterocycles. The van der Waals surface area contributed by atoms with Crippen LogP contribution in [0, 0.1) is 0 Å². The van der Waals surface area contributed by atoms with Gasteiger partial charge in [-0.1, -0.05) is 79.7 Å². The van der Waals surface area contributed by atoms with E-state index in [2.05, 4.69) is 5.32 Å². The van der Waals surface area contributed by atoms with Crippen LogP contribution in [0.4, 0.5) is 5.69 Å². The molecule has 39 heavy (non-hydrogen) atoms. The zero-order chi connectivity index (χ0) is 28.6. The first-order chi connectivity index (χ1) is 18.4. The maximum absolute atomic E-state index is 14.0. The molecule has 3 rings (SSSR count). The topological polar surface area (TPSA) is 86.8 Å². The van der Waals surface area contributed by atoms with Crippen molar-refractivity contribution in [3.63, 3.8) is 0 Å². The summed E-state index contributed by atoms with van der Waals surface area (Å²) in [7, 11) is -3.79. The van der Waals surface area contributed by atoms with Gasteiger partial charge < -0.3 is 10.2 Å². The van der Waals surface area contributed by atoms with Gasteiger partial charge in [0.2, 0.25) is 21.8 Å². The van der Waals surface area contributed by atoms with Crippen LogP contribution in [-0.2, 0) is 39.0 Å². The van der Waals surface area contributed by atoms with Crippen LogP contribution in [0.5, 0.6) is 0 Å². The highest BCUT2D eigenvalue weighted by Gasteiger charge is 2.34. The molecule has 0 fully saturated rings.